The Morgan fingerprint density at radius 2 is 2.05 bits per heavy atom. The molecule has 0 aliphatic heterocycles. The summed E-state index contributed by atoms with van der Waals surface area (Å²) < 4.78 is 0. The molecule has 0 radical (unpaired) electrons. The molecule has 2 nitrogen and oxygen atoms in total. The fourth-order valence-corrected chi connectivity index (χ4v) is 2.92. The highest BCUT2D eigenvalue weighted by molar-refractivity contribution is 5.96. The lowest BCUT2D eigenvalue weighted by atomic mass is 9.79. The maximum absolute atomic E-state index is 12.3. The Morgan fingerprint density at radius 1 is 1.35 bits per heavy atom. The van der Waals surface area contributed by atoms with Gasteiger partial charge in [-0.3, -0.25) is 4.79 Å². The van der Waals surface area contributed by atoms with Crippen molar-refractivity contribution >= 4 is 5.78 Å². The van der Waals surface area contributed by atoms with Crippen LogP contribution in [-0.4, -0.2) is 11.8 Å². The maximum Gasteiger partial charge on any atom is 0.164 e. The van der Waals surface area contributed by atoms with Crippen molar-refractivity contribution in [3.05, 3.63) is 35.4 Å². The van der Waals surface area contributed by atoms with Crippen molar-refractivity contribution in [2.75, 3.05) is 0 Å². The predicted octanol–water partition coefficient (Wildman–Crippen LogP) is 4.29. The van der Waals surface area contributed by atoms with Crippen LogP contribution in [0.5, 0.6) is 0 Å². The lowest BCUT2D eigenvalue weighted by Gasteiger charge is -2.26. The molecule has 0 heterocycles. The first-order chi connectivity index (χ1) is 9.35. The Labute approximate surface area is 122 Å². The van der Waals surface area contributed by atoms with E-state index in [0.717, 1.165) is 12.0 Å². The molecule has 0 saturated heterocycles. The van der Waals surface area contributed by atoms with Gasteiger partial charge in [-0.05, 0) is 42.2 Å². The monoisotopic (exact) mass is 273 g/mol. The molecular formula is C18H27NO. The number of ketones is 1. The first kappa shape index (κ1) is 15.2. The Bertz CT molecular complexity index is 469. The number of carbonyl (C=O) groups excluding carboxylic acids is 1. The van der Waals surface area contributed by atoms with Crippen LogP contribution >= 0.6 is 0 Å². The van der Waals surface area contributed by atoms with Crippen LogP contribution in [-0.2, 0) is 0 Å². The SMILES string of the molecule is CC(C)(C)CC(N)CC(=O)c1cccc(C2CCC2)c1. The maximum atomic E-state index is 12.3. The van der Waals surface area contributed by atoms with Gasteiger partial charge in [0, 0.05) is 18.0 Å². The summed E-state index contributed by atoms with van der Waals surface area (Å²) in [6.45, 7) is 6.48. The third-order valence-corrected chi connectivity index (χ3v) is 4.11. The fraction of sp³-hybridized carbons (Fsp3) is 0.611. The molecule has 1 aliphatic rings. The molecule has 0 aromatic heterocycles. The van der Waals surface area contributed by atoms with Crippen LogP contribution in [0, 0.1) is 5.41 Å². The van der Waals surface area contributed by atoms with Crippen molar-refractivity contribution in [3.8, 4) is 0 Å². The minimum absolute atomic E-state index is 0.0464. The van der Waals surface area contributed by atoms with Gasteiger partial charge in [0.15, 0.2) is 5.78 Å². The van der Waals surface area contributed by atoms with E-state index in [1.54, 1.807) is 0 Å². The molecule has 1 unspecified atom stereocenters. The van der Waals surface area contributed by atoms with Gasteiger partial charge in [-0.15, -0.1) is 0 Å². The van der Waals surface area contributed by atoms with Crippen LogP contribution in [0.15, 0.2) is 24.3 Å². The van der Waals surface area contributed by atoms with Crippen LogP contribution in [0.3, 0.4) is 0 Å². The van der Waals surface area contributed by atoms with Crippen molar-refractivity contribution in [1.29, 1.82) is 0 Å². The summed E-state index contributed by atoms with van der Waals surface area (Å²) in [7, 11) is 0. The molecule has 0 spiro atoms. The van der Waals surface area contributed by atoms with Crippen molar-refractivity contribution in [3.63, 3.8) is 0 Å². The van der Waals surface area contributed by atoms with E-state index in [1.165, 1.54) is 24.8 Å². The number of benzene rings is 1. The summed E-state index contributed by atoms with van der Waals surface area (Å²) in [5.41, 5.74) is 8.44. The molecule has 0 amide bonds. The van der Waals surface area contributed by atoms with E-state index < -0.39 is 0 Å². The molecule has 1 aliphatic carbocycles. The third kappa shape index (κ3) is 4.17. The molecule has 110 valence electrons. The number of hydrogen-bond acceptors (Lipinski definition) is 2. The molecular weight excluding hydrogens is 246 g/mol. The first-order valence-electron chi connectivity index (χ1n) is 7.74. The minimum Gasteiger partial charge on any atom is -0.327 e. The Kier molecular flexibility index (Phi) is 4.64. The van der Waals surface area contributed by atoms with Crippen LogP contribution in [0.25, 0.3) is 0 Å². The highest BCUT2D eigenvalue weighted by Crippen LogP contribution is 2.36. The van der Waals surface area contributed by atoms with Crippen LogP contribution in [0.1, 0.15) is 74.7 Å². The summed E-state index contributed by atoms with van der Waals surface area (Å²) in [5, 5.41) is 0. The molecule has 2 heteroatoms. The number of nitrogens with two attached hydrogens (primary N) is 1. The van der Waals surface area contributed by atoms with Gasteiger partial charge in [0.2, 0.25) is 0 Å². The Morgan fingerprint density at radius 3 is 2.60 bits per heavy atom. The zero-order chi connectivity index (χ0) is 14.8. The molecule has 2 rings (SSSR count). The van der Waals surface area contributed by atoms with Crippen molar-refractivity contribution in [2.24, 2.45) is 11.1 Å². The second-order valence-electron chi connectivity index (χ2n) is 7.41. The molecule has 1 aromatic carbocycles. The summed E-state index contributed by atoms with van der Waals surface area (Å²) in [6, 6.07) is 8.12. The number of carbonyl (C=O) groups is 1. The van der Waals surface area contributed by atoms with E-state index in [0.29, 0.717) is 12.3 Å². The Balaban J connectivity index is 1.98. The number of rotatable bonds is 5. The second-order valence-corrected chi connectivity index (χ2v) is 7.41. The van der Waals surface area contributed by atoms with Crippen molar-refractivity contribution in [1.82, 2.24) is 0 Å². The van der Waals surface area contributed by atoms with Gasteiger partial charge in [-0.25, -0.2) is 0 Å². The number of hydrogen-bond donors (Lipinski definition) is 1. The smallest absolute Gasteiger partial charge is 0.164 e. The zero-order valence-corrected chi connectivity index (χ0v) is 13.0. The minimum atomic E-state index is -0.0464. The standard InChI is InChI=1S/C18H27NO/c1-18(2,3)12-16(19)11-17(20)15-9-5-8-14(10-15)13-6-4-7-13/h5,8-10,13,16H,4,6-7,11-12,19H2,1-3H3. The zero-order valence-electron chi connectivity index (χ0n) is 13.0. The van der Waals surface area contributed by atoms with Gasteiger partial charge >= 0.3 is 0 Å². The van der Waals surface area contributed by atoms with E-state index in [2.05, 4.69) is 32.9 Å². The molecule has 2 N–H and O–H groups in total. The molecule has 1 saturated carbocycles. The van der Waals surface area contributed by atoms with Gasteiger partial charge in [0.25, 0.3) is 0 Å². The highest BCUT2D eigenvalue weighted by Gasteiger charge is 2.22. The molecule has 20 heavy (non-hydrogen) atoms. The van der Waals surface area contributed by atoms with Crippen molar-refractivity contribution in [2.45, 2.75) is 64.8 Å². The van der Waals surface area contributed by atoms with E-state index in [1.807, 2.05) is 12.1 Å². The van der Waals surface area contributed by atoms with Crippen LogP contribution in [0.2, 0.25) is 0 Å². The van der Waals surface area contributed by atoms with Gasteiger partial charge in [0.05, 0.1) is 0 Å². The molecule has 1 aromatic rings. The topological polar surface area (TPSA) is 43.1 Å². The first-order valence-corrected chi connectivity index (χ1v) is 7.74. The lowest BCUT2D eigenvalue weighted by Crippen LogP contribution is -2.29. The summed E-state index contributed by atoms with van der Waals surface area (Å²) in [6.07, 6.45) is 5.17. The summed E-state index contributed by atoms with van der Waals surface area (Å²) >= 11 is 0. The van der Waals surface area contributed by atoms with Crippen LogP contribution < -0.4 is 5.73 Å². The van der Waals surface area contributed by atoms with E-state index in [-0.39, 0.29) is 17.2 Å². The van der Waals surface area contributed by atoms with Crippen LogP contribution in [0.4, 0.5) is 0 Å². The fourth-order valence-electron chi connectivity index (χ4n) is 2.92. The van der Waals surface area contributed by atoms with Gasteiger partial charge in [0.1, 0.15) is 0 Å². The average Bonchev–Trinajstić information content (AvgIpc) is 2.24. The quantitative estimate of drug-likeness (QED) is 0.813. The van der Waals surface area contributed by atoms with Crippen molar-refractivity contribution < 1.29 is 4.79 Å². The molecule has 1 fully saturated rings. The second kappa shape index (κ2) is 6.09. The third-order valence-electron chi connectivity index (χ3n) is 4.11. The predicted molar refractivity (Wildman–Crippen MR) is 84.0 cm³/mol. The van der Waals surface area contributed by atoms with Gasteiger partial charge in [-0.1, -0.05) is 45.4 Å². The summed E-state index contributed by atoms with van der Waals surface area (Å²) in [4.78, 5) is 12.3. The largest absolute Gasteiger partial charge is 0.327 e. The average molecular weight is 273 g/mol. The van der Waals surface area contributed by atoms with E-state index in [4.69, 9.17) is 5.73 Å². The van der Waals surface area contributed by atoms with E-state index in [9.17, 15) is 4.79 Å². The highest BCUT2D eigenvalue weighted by atomic mass is 16.1. The number of Topliss-reactive ketones (excluding diaryl/α,β-unsaturated/α-hetero) is 1. The lowest BCUT2D eigenvalue weighted by molar-refractivity contribution is 0.0968. The Hall–Kier alpha value is -1.15. The van der Waals surface area contributed by atoms with Gasteiger partial charge < -0.3 is 5.73 Å². The molecule has 1 atom stereocenters. The van der Waals surface area contributed by atoms with Gasteiger partial charge in [-0.2, -0.15) is 0 Å². The normalized spacial score (nSPS) is 17.6. The molecule has 0 bridgehead atoms. The van der Waals surface area contributed by atoms with E-state index >= 15 is 0 Å². The summed E-state index contributed by atoms with van der Waals surface area (Å²) in [5.74, 6) is 0.855.